The van der Waals surface area contributed by atoms with Gasteiger partial charge in [0.2, 0.25) is 0 Å². The van der Waals surface area contributed by atoms with Gasteiger partial charge in [0.15, 0.2) is 5.78 Å². The molecule has 1 N–H and O–H groups in total. The van der Waals surface area contributed by atoms with Crippen LogP contribution < -0.4 is 10.1 Å². The molecule has 1 heterocycles. The Morgan fingerprint density at radius 1 is 1.26 bits per heavy atom. The molecule has 0 amide bonds. The van der Waals surface area contributed by atoms with E-state index < -0.39 is 0 Å². The van der Waals surface area contributed by atoms with Crippen LogP contribution in [0.4, 0.5) is 0 Å². The molecule has 2 rings (SSSR count). The highest BCUT2D eigenvalue weighted by atomic mass is 16.5. The normalized spacial score (nSPS) is 18.1. The second kappa shape index (κ2) is 5.33. The van der Waals surface area contributed by atoms with E-state index in [0.717, 1.165) is 48.4 Å². The van der Waals surface area contributed by atoms with Crippen LogP contribution in [0.2, 0.25) is 0 Å². The van der Waals surface area contributed by atoms with Crippen LogP contribution in [0, 0.1) is 19.3 Å². The topological polar surface area (TPSA) is 38.3 Å². The Balaban J connectivity index is 2.41. The first-order valence-corrected chi connectivity index (χ1v) is 6.89. The molecule has 1 aliphatic heterocycles. The first-order valence-electron chi connectivity index (χ1n) is 6.89. The summed E-state index contributed by atoms with van der Waals surface area (Å²) in [7, 11) is 1.64. The van der Waals surface area contributed by atoms with Crippen molar-refractivity contribution in [3.8, 4) is 5.75 Å². The van der Waals surface area contributed by atoms with Gasteiger partial charge in [0, 0.05) is 5.41 Å². The molecule has 0 aliphatic carbocycles. The standard InChI is InChI=1S/C16H23NO2/c1-11-5-6-13(14(19-4)12(11)2)15(18)16(3)7-9-17-10-8-16/h5-6,17H,7-10H2,1-4H3. The number of rotatable bonds is 3. The summed E-state index contributed by atoms with van der Waals surface area (Å²) in [5, 5.41) is 3.31. The molecule has 3 nitrogen and oxygen atoms in total. The van der Waals surface area contributed by atoms with E-state index in [1.807, 2.05) is 26.0 Å². The van der Waals surface area contributed by atoms with E-state index in [9.17, 15) is 4.79 Å². The van der Waals surface area contributed by atoms with Gasteiger partial charge in [0.05, 0.1) is 12.7 Å². The van der Waals surface area contributed by atoms with Gasteiger partial charge < -0.3 is 10.1 Å². The van der Waals surface area contributed by atoms with Gasteiger partial charge in [0.1, 0.15) is 5.75 Å². The molecule has 0 saturated carbocycles. The molecule has 0 unspecified atom stereocenters. The third-order valence-electron chi connectivity index (χ3n) is 4.38. The third kappa shape index (κ3) is 2.52. The van der Waals surface area contributed by atoms with Gasteiger partial charge >= 0.3 is 0 Å². The molecule has 0 aromatic heterocycles. The first-order chi connectivity index (χ1) is 8.99. The van der Waals surface area contributed by atoms with Crippen LogP contribution in [0.15, 0.2) is 12.1 Å². The van der Waals surface area contributed by atoms with Crippen molar-refractivity contribution in [1.82, 2.24) is 5.32 Å². The maximum Gasteiger partial charge on any atom is 0.172 e. The Kier molecular flexibility index (Phi) is 3.95. The van der Waals surface area contributed by atoms with E-state index in [1.165, 1.54) is 0 Å². The zero-order valence-electron chi connectivity index (χ0n) is 12.3. The van der Waals surface area contributed by atoms with Crippen LogP contribution >= 0.6 is 0 Å². The van der Waals surface area contributed by atoms with Crippen molar-refractivity contribution < 1.29 is 9.53 Å². The molecular formula is C16H23NO2. The second-order valence-corrected chi connectivity index (χ2v) is 5.73. The van der Waals surface area contributed by atoms with Gasteiger partial charge in [-0.1, -0.05) is 13.0 Å². The molecule has 3 heteroatoms. The number of ketones is 1. The Morgan fingerprint density at radius 3 is 2.47 bits per heavy atom. The molecule has 1 aromatic rings. The number of carbonyl (C=O) groups excluding carboxylic acids is 1. The summed E-state index contributed by atoms with van der Waals surface area (Å²) in [6.45, 7) is 7.95. The van der Waals surface area contributed by atoms with Crippen molar-refractivity contribution in [2.24, 2.45) is 5.41 Å². The van der Waals surface area contributed by atoms with Gasteiger partial charge in [-0.25, -0.2) is 0 Å². The van der Waals surface area contributed by atoms with Crippen molar-refractivity contribution in [2.45, 2.75) is 33.6 Å². The molecule has 104 valence electrons. The minimum atomic E-state index is -0.264. The average molecular weight is 261 g/mol. The lowest BCUT2D eigenvalue weighted by Crippen LogP contribution is -2.40. The first kappa shape index (κ1) is 14.1. The molecule has 0 spiro atoms. The molecular weight excluding hydrogens is 238 g/mol. The van der Waals surface area contributed by atoms with E-state index in [1.54, 1.807) is 7.11 Å². The van der Waals surface area contributed by atoms with Crippen LogP contribution in [0.1, 0.15) is 41.3 Å². The van der Waals surface area contributed by atoms with Gasteiger partial charge in [-0.3, -0.25) is 4.79 Å². The SMILES string of the molecule is COc1c(C(=O)C2(C)CCNCC2)ccc(C)c1C. The zero-order valence-corrected chi connectivity index (χ0v) is 12.3. The van der Waals surface area contributed by atoms with Gasteiger partial charge in [0.25, 0.3) is 0 Å². The summed E-state index contributed by atoms with van der Waals surface area (Å²) in [5.74, 6) is 0.957. The van der Waals surface area contributed by atoms with Crippen LogP contribution in [0.25, 0.3) is 0 Å². The number of nitrogens with one attached hydrogen (secondary N) is 1. The highest BCUT2D eigenvalue weighted by Gasteiger charge is 2.36. The van der Waals surface area contributed by atoms with Gasteiger partial charge in [-0.2, -0.15) is 0 Å². The van der Waals surface area contributed by atoms with Crippen LogP contribution in [0.3, 0.4) is 0 Å². The summed E-state index contributed by atoms with van der Waals surface area (Å²) in [4.78, 5) is 12.9. The maximum atomic E-state index is 12.9. The molecule has 1 aliphatic rings. The number of Topliss-reactive ketones (excluding diaryl/α,β-unsaturated/α-hetero) is 1. The van der Waals surface area contributed by atoms with Crippen LogP contribution in [0.5, 0.6) is 5.75 Å². The summed E-state index contributed by atoms with van der Waals surface area (Å²) >= 11 is 0. The lowest BCUT2D eigenvalue weighted by molar-refractivity contribution is 0.0759. The van der Waals surface area contributed by atoms with Crippen molar-refractivity contribution in [3.63, 3.8) is 0 Å². The minimum Gasteiger partial charge on any atom is -0.496 e. The molecule has 1 saturated heterocycles. The van der Waals surface area contributed by atoms with Gasteiger partial charge in [-0.05, 0) is 57.0 Å². The Morgan fingerprint density at radius 2 is 1.89 bits per heavy atom. The van der Waals surface area contributed by atoms with Crippen molar-refractivity contribution in [2.75, 3.05) is 20.2 Å². The monoisotopic (exact) mass is 261 g/mol. The lowest BCUT2D eigenvalue weighted by atomic mass is 9.74. The number of benzene rings is 1. The van der Waals surface area contributed by atoms with Crippen molar-refractivity contribution >= 4 is 5.78 Å². The molecule has 19 heavy (non-hydrogen) atoms. The largest absolute Gasteiger partial charge is 0.496 e. The molecule has 1 aromatic carbocycles. The number of carbonyl (C=O) groups is 1. The summed E-state index contributed by atoms with van der Waals surface area (Å²) < 4.78 is 5.48. The maximum absolute atomic E-state index is 12.9. The van der Waals surface area contributed by atoms with E-state index in [-0.39, 0.29) is 11.2 Å². The number of piperidine rings is 1. The smallest absolute Gasteiger partial charge is 0.172 e. The Bertz CT molecular complexity index is 488. The summed E-state index contributed by atoms with van der Waals surface area (Å²) in [5.41, 5.74) is 2.69. The van der Waals surface area contributed by atoms with Crippen molar-refractivity contribution in [1.29, 1.82) is 0 Å². The summed E-state index contributed by atoms with van der Waals surface area (Å²) in [6, 6.07) is 3.92. The van der Waals surface area contributed by atoms with Crippen LogP contribution in [-0.4, -0.2) is 26.0 Å². The second-order valence-electron chi connectivity index (χ2n) is 5.73. The van der Waals surface area contributed by atoms with E-state index >= 15 is 0 Å². The van der Waals surface area contributed by atoms with E-state index in [0.29, 0.717) is 0 Å². The number of aryl methyl sites for hydroxylation is 1. The van der Waals surface area contributed by atoms with Gasteiger partial charge in [-0.15, -0.1) is 0 Å². The highest BCUT2D eigenvalue weighted by molar-refractivity contribution is 6.03. The van der Waals surface area contributed by atoms with Crippen LogP contribution in [-0.2, 0) is 0 Å². The fourth-order valence-corrected chi connectivity index (χ4v) is 2.76. The number of hydrogen-bond acceptors (Lipinski definition) is 3. The Labute approximate surface area is 115 Å². The molecule has 0 bridgehead atoms. The molecule has 0 atom stereocenters. The minimum absolute atomic E-state index is 0.217. The van der Waals surface area contributed by atoms with E-state index in [2.05, 4.69) is 12.2 Å². The summed E-state index contributed by atoms with van der Waals surface area (Å²) in [6.07, 6.45) is 1.78. The van der Waals surface area contributed by atoms with E-state index in [4.69, 9.17) is 4.74 Å². The molecule has 1 fully saturated rings. The fraction of sp³-hybridized carbons (Fsp3) is 0.562. The number of ether oxygens (including phenoxy) is 1. The predicted molar refractivity (Wildman–Crippen MR) is 77.0 cm³/mol. The van der Waals surface area contributed by atoms with Crippen molar-refractivity contribution in [3.05, 3.63) is 28.8 Å². The quantitative estimate of drug-likeness (QED) is 0.850. The lowest BCUT2D eigenvalue weighted by Gasteiger charge is -2.33. The Hall–Kier alpha value is -1.35. The number of hydrogen-bond donors (Lipinski definition) is 1. The predicted octanol–water partition coefficient (Wildman–Crippen LogP) is 2.88. The number of methoxy groups -OCH3 is 1. The fourth-order valence-electron chi connectivity index (χ4n) is 2.76. The highest BCUT2D eigenvalue weighted by Crippen LogP contribution is 2.36. The molecule has 0 radical (unpaired) electrons. The third-order valence-corrected chi connectivity index (χ3v) is 4.38. The zero-order chi connectivity index (χ0) is 14.0. The average Bonchev–Trinajstić information content (AvgIpc) is 2.41.